The summed E-state index contributed by atoms with van der Waals surface area (Å²) in [7, 11) is 0. The fraction of sp³-hybridized carbons (Fsp3) is 0.824. The van der Waals surface area contributed by atoms with Gasteiger partial charge in [-0.1, -0.05) is 39.8 Å². The van der Waals surface area contributed by atoms with Gasteiger partial charge in [0.15, 0.2) is 0 Å². The van der Waals surface area contributed by atoms with E-state index < -0.39 is 0 Å². The number of rotatable bonds is 9. The zero-order valence-electron chi connectivity index (χ0n) is 13.2. The molecule has 110 valence electrons. The summed E-state index contributed by atoms with van der Waals surface area (Å²) in [5, 5.41) is 0. The molecule has 0 aliphatic heterocycles. The quantitative estimate of drug-likeness (QED) is 0.570. The molecule has 1 rings (SSSR count). The van der Waals surface area contributed by atoms with Gasteiger partial charge < -0.3 is 4.90 Å². The van der Waals surface area contributed by atoms with Crippen LogP contribution in [0.2, 0.25) is 0 Å². The Kier molecular flexibility index (Phi) is 7.19. The topological polar surface area (TPSA) is 20.3 Å². The van der Waals surface area contributed by atoms with Crippen molar-refractivity contribution in [1.29, 1.82) is 0 Å². The first-order valence-electron chi connectivity index (χ1n) is 8.01. The molecule has 0 aromatic carbocycles. The fourth-order valence-electron chi connectivity index (χ4n) is 2.71. The fourth-order valence-corrected chi connectivity index (χ4v) is 2.71. The van der Waals surface area contributed by atoms with E-state index in [1.54, 1.807) is 0 Å². The molecule has 2 heteroatoms. The molecule has 0 heterocycles. The predicted octanol–water partition coefficient (Wildman–Crippen LogP) is 4.26. The molecule has 0 saturated heterocycles. The van der Waals surface area contributed by atoms with Gasteiger partial charge >= 0.3 is 0 Å². The largest absolute Gasteiger partial charge is 0.342 e. The zero-order valence-corrected chi connectivity index (χ0v) is 13.2. The van der Waals surface area contributed by atoms with E-state index in [2.05, 4.69) is 37.8 Å². The zero-order chi connectivity index (χ0) is 14.3. The predicted molar refractivity (Wildman–Crippen MR) is 82.0 cm³/mol. The van der Waals surface area contributed by atoms with Crippen molar-refractivity contribution in [1.82, 2.24) is 4.90 Å². The van der Waals surface area contributed by atoms with Crippen molar-refractivity contribution < 1.29 is 4.79 Å². The van der Waals surface area contributed by atoms with E-state index in [1.165, 1.54) is 19.3 Å². The van der Waals surface area contributed by atoms with Crippen molar-refractivity contribution in [3.8, 4) is 0 Å². The van der Waals surface area contributed by atoms with Crippen LogP contribution in [-0.4, -0.2) is 23.9 Å². The van der Waals surface area contributed by atoms with Gasteiger partial charge in [0.1, 0.15) is 0 Å². The maximum atomic E-state index is 11.9. The summed E-state index contributed by atoms with van der Waals surface area (Å²) in [5.41, 5.74) is 0. The van der Waals surface area contributed by atoms with Crippen LogP contribution in [0.3, 0.4) is 0 Å². The second-order valence-corrected chi connectivity index (χ2v) is 6.26. The van der Waals surface area contributed by atoms with Gasteiger partial charge in [0.05, 0.1) is 0 Å². The highest BCUT2D eigenvalue weighted by Gasteiger charge is 2.37. The third-order valence-corrected chi connectivity index (χ3v) is 3.87. The van der Waals surface area contributed by atoms with E-state index in [9.17, 15) is 4.79 Å². The standard InChI is InChI=1S/C17H31NO/c1-5-7-8-9-10-15-11-16(15)13-18(12-14(3)4)17(19)6-2/h7-8,14-16H,5-6,9-13H2,1-4H3/b8-7-/t15-,16-/m0/s1. The van der Waals surface area contributed by atoms with Crippen LogP contribution in [0.25, 0.3) is 0 Å². The Bertz CT molecular complexity index is 296. The van der Waals surface area contributed by atoms with Gasteiger partial charge in [0.2, 0.25) is 5.91 Å². The van der Waals surface area contributed by atoms with Crippen molar-refractivity contribution in [2.45, 2.75) is 59.8 Å². The van der Waals surface area contributed by atoms with E-state index >= 15 is 0 Å². The van der Waals surface area contributed by atoms with E-state index in [-0.39, 0.29) is 0 Å². The van der Waals surface area contributed by atoms with E-state index in [0.717, 1.165) is 31.3 Å². The maximum absolute atomic E-state index is 11.9. The van der Waals surface area contributed by atoms with Crippen LogP contribution in [0.5, 0.6) is 0 Å². The van der Waals surface area contributed by atoms with E-state index in [4.69, 9.17) is 0 Å². The number of hydrogen-bond donors (Lipinski definition) is 0. The molecule has 1 aliphatic carbocycles. The lowest BCUT2D eigenvalue weighted by atomic mass is 10.1. The summed E-state index contributed by atoms with van der Waals surface area (Å²) in [6.45, 7) is 10.4. The minimum absolute atomic E-state index is 0.324. The molecule has 1 amide bonds. The summed E-state index contributed by atoms with van der Waals surface area (Å²) < 4.78 is 0. The van der Waals surface area contributed by atoms with Gasteiger partial charge in [-0.05, 0) is 43.4 Å². The highest BCUT2D eigenvalue weighted by atomic mass is 16.2. The molecule has 0 aromatic rings. The third-order valence-electron chi connectivity index (χ3n) is 3.87. The average Bonchev–Trinajstić information content (AvgIpc) is 3.10. The van der Waals surface area contributed by atoms with Crippen LogP contribution in [0.15, 0.2) is 12.2 Å². The van der Waals surface area contributed by atoms with Crippen LogP contribution in [0, 0.1) is 17.8 Å². The summed E-state index contributed by atoms with van der Waals surface area (Å²) in [5.74, 6) is 2.52. The van der Waals surface area contributed by atoms with Gasteiger partial charge in [-0.25, -0.2) is 0 Å². The molecule has 19 heavy (non-hydrogen) atoms. The molecule has 0 unspecified atom stereocenters. The average molecular weight is 265 g/mol. The first kappa shape index (κ1) is 16.3. The van der Waals surface area contributed by atoms with Crippen LogP contribution in [0.1, 0.15) is 59.8 Å². The molecular weight excluding hydrogens is 234 g/mol. The lowest BCUT2D eigenvalue weighted by Crippen LogP contribution is -2.35. The Morgan fingerprint density at radius 1 is 1.26 bits per heavy atom. The lowest BCUT2D eigenvalue weighted by molar-refractivity contribution is -0.131. The highest BCUT2D eigenvalue weighted by Crippen LogP contribution is 2.42. The molecule has 0 radical (unpaired) electrons. The number of nitrogens with zero attached hydrogens (tertiary/aromatic N) is 1. The molecule has 2 nitrogen and oxygen atoms in total. The van der Waals surface area contributed by atoms with Crippen LogP contribution in [0.4, 0.5) is 0 Å². The number of carbonyl (C=O) groups is 1. The number of allylic oxidation sites excluding steroid dienone is 2. The Balaban J connectivity index is 2.29. The SMILES string of the molecule is CC/C=C\CC[C@H]1C[C@H]1CN(CC(C)C)C(=O)CC. The first-order valence-corrected chi connectivity index (χ1v) is 8.01. The van der Waals surface area contributed by atoms with Crippen LogP contribution >= 0.6 is 0 Å². The molecule has 1 aliphatic rings. The van der Waals surface area contributed by atoms with Gasteiger partial charge in [-0.3, -0.25) is 4.79 Å². The Labute approximate surface area is 119 Å². The summed E-state index contributed by atoms with van der Waals surface area (Å²) >= 11 is 0. The molecule has 1 saturated carbocycles. The summed E-state index contributed by atoms with van der Waals surface area (Å²) in [6, 6.07) is 0. The van der Waals surface area contributed by atoms with Crippen molar-refractivity contribution in [3.63, 3.8) is 0 Å². The second-order valence-electron chi connectivity index (χ2n) is 6.26. The van der Waals surface area contributed by atoms with Gasteiger partial charge in [0.25, 0.3) is 0 Å². The smallest absolute Gasteiger partial charge is 0.222 e. The van der Waals surface area contributed by atoms with E-state index in [1.807, 2.05) is 6.92 Å². The second kappa shape index (κ2) is 8.39. The Hall–Kier alpha value is -0.790. The summed E-state index contributed by atoms with van der Waals surface area (Å²) in [4.78, 5) is 14.0. The number of hydrogen-bond acceptors (Lipinski definition) is 1. The van der Waals surface area contributed by atoms with Gasteiger partial charge in [-0.15, -0.1) is 0 Å². The Morgan fingerprint density at radius 2 is 2.00 bits per heavy atom. The normalized spacial score (nSPS) is 22.2. The van der Waals surface area contributed by atoms with E-state index in [0.29, 0.717) is 18.2 Å². The van der Waals surface area contributed by atoms with Gasteiger partial charge in [0, 0.05) is 19.5 Å². The van der Waals surface area contributed by atoms with Crippen molar-refractivity contribution in [2.24, 2.45) is 17.8 Å². The first-order chi connectivity index (χ1) is 9.08. The molecule has 1 fully saturated rings. The minimum atomic E-state index is 0.324. The monoisotopic (exact) mass is 265 g/mol. The highest BCUT2D eigenvalue weighted by molar-refractivity contribution is 5.75. The summed E-state index contributed by atoms with van der Waals surface area (Å²) in [6.07, 6.45) is 10.2. The molecule has 0 spiro atoms. The van der Waals surface area contributed by atoms with Crippen LogP contribution < -0.4 is 0 Å². The third kappa shape index (κ3) is 6.26. The number of carbonyl (C=O) groups excluding carboxylic acids is 1. The van der Waals surface area contributed by atoms with Crippen molar-refractivity contribution in [3.05, 3.63) is 12.2 Å². The minimum Gasteiger partial charge on any atom is -0.342 e. The van der Waals surface area contributed by atoms with Gasteiger partial charge in [-0.2, -0.15) is 0 Å². The Morgan fingerprint density at radius 3 is 2.58 bits per heavy atom. The maximum Gasteiger partial charge on any atom is 0.222 e. The molecule has 0 N–H and O–H groups in total. The number of amides is 1. The molecule has 0 aromatic heterocycles. The van der Waals surface area contributed by atoms with Crippen molar-refractivity contribution >= 4 is 5.91 Å². The molecular formula is C17H31NO. The van der Waals surface area contributed by atoms with Crippen LogP contribution in [-0.2, 0) is 4.79 Å². The molecule has 2 atom stereocenters. The van der Waals surface area contributed by atoms with Crippen molar-refractivity contribution in [2.75, 3.05) is 13.1 Å². The molecule has 0 bridgehead atoms. The lowest BCUT2D eigenvalue weighted by Gasteiger charge is -2.24.